The molecule has 1 unspecified atom stereocenters. The van der Waals surface area contributed by atoms with E-state index in [0.717, 1.165) is 5.56 Å². The number of carbonyl (C=O) groups is 3. The Morgan fingerprint density at radius 2 is 1.46 bits per heavy atom. The molecule has 1 N–H and O–H groups in total. The number of rotatable bonds is 10. The molecule has 0 radical (unpaired) electrons. The van der Waals surface area contributed by atoms with Crippen molar-refractivity contribution in [2.45, 2.75) is 69.5 Å². The van der Waals surface area contributed by atoms with E-state index < -0.39 is 82.4 Å². The Hall–Kier alpha value is -4.16. The van der Waals surface area contributed by atoms with Gasteiger partial charge in [-0.05, 0) is 52.0 Å². The Labute approximate surface area is 268 Å². The van der Waals surface area contributed by atoms with Crippen molar-refractivity contribution in [3.63, 3.8) is 0 Å². The molecule has 0 heterocycles. The predicted molar refractivity (Wildman–Crippen MR) is 162 cm³/mol. The Balaban J connectivity index is 1.45. The van der Waals surface area contributed by atoms with E-state index in [1.165, 1.54) is 36.4 Å². The molecule has 2 aliphatic rings. The Bertz CT molecular complexity index is 1640. The van der Waals surface area contributed by atoms with E-state index in [1.54, 1.807) is 57.2 Å². The van der Waals surface area contributed by atoms with Gasteiger partial charge in [0.2, 0.25) is 0 Å². The number of nitrogens with one attached hydrogen (secondary N) is 1. The van der Waals surface area contributed by atoms with Gasteiger partial charge >= 0.3 is 18.0 Å². The lowest BCUT2D eigenvalue weighted by molar-refractivity contribution is -0.156. The van der Waals surface area contributed by atoms with E-state index in [-0.39, 0.29) is 24.2 Å². The highest BCUT2D eigenvalue weighted by Gasteiger charge is 2.77. The van der Waals surface area contributed by atoms with Crippen LogP contribution in [0.2, 0.25) is 0 Å². The third kappa shape index (κ3) is 7.28. The normalized spacial score (nSPS) is 24.0. The SMILES string of the molecule is Cc1ccc(S(=O)O[C@H]2C[C@@](NC(=O)OC(C)(C)C)(C(=O)OCc3ccccc3F)[C@@H]3[C@@H](C(=O)OCc4ccccc4F)[C@@H]32)cc1. The molecule has 12 heteroatoms. The minimum Gasteiger partial charge on any atom is -0.460 e. The minimum atomic E-state index is -2.00. The Morgan fingerprint density at radius 1 is 0.891 bits per heavy atom. The highest BCUT2D eigenvalue weighted by molar-refractivity contribution is 7.80. The maximum atomic E-state index is 14.4. The van der Waals surface area contributed by atoms with Crippen LogP contribution in [0.15, 0.2) is 77.7 Å². The van der Waals surface area contributed by atoms with E-state index >= 15 is 0 Å². The van der Waals surface area contributed by atoms with E-state index in [2.05, 4.69) is 5.32 Å². The number of esters is 2. The molecule has 6 atom stereocenters. The number of carbonyl (C=O) groups excluding carboxylic acids is 3. The van der Waals surface area contributed by atoms with Crippen molar-refractivity contribution in [3.05, 3.63) is 101 Å². The summed E-state index contributed by atoms with van der Waals surface area (Å²) in [7, 11) is 0. The number of halogens is 2. The van der Waals surface area contributed by atoms with Crippen molar-refractivity contribution in [1.82, 2.24) is 5.32 Å². The van der Waals surface area contributed by atoms with Crippen molar-refractivity contribution >= 4 is 29.1 Å². The topological polar surface area (TPSA) is 117 Å². The summed E-state index contributed by atoms with van der Waals surface area (Å²) in [5.74, 6) is -5.50. The molecule has 0 saturated heterocycles. The predicted octanol–water partition coefficient (Wildman–Crippen LogP) is 5.70. The van der Waals surface area contributed by atoms with Crippen LogP contribution in [0.4, 0.5) is 13.6 Å². The molecule has 3 aromatic rings. The summed E-state index contributed by atoms with van der Waals surface area (Å²) >= 11 is -2.00. The van der Waals surface area contributed by atoms with E-state index in [0.29, 0.717) is 4.90 Å². The van der Waals surface area contributed by atoms with Crippen LogP contribution in [0.1, 0.15) is 43.9 Å². The molecule has 244 valence electrons. The lowest BCUT2D eigenvalue weighted by Crippen LogP contribution is -2.58. The molecule has 0 aromatic heterocycles. The first kappa shape index (κ1) is 33.2. The molecular formula is C34H35F2NO8S. The standard InChI is InChI=1S/C34H35F2NO8S/c1-20-13-15-23(16-14-20)46(41)45-26-17-34(37-32(40)44-33(2,3)4,31(39)43-19-22-10-6-8-12-25(22)36)29-27(26)28(29)30(38)42-18-21-9-5-7-11-24(21)35/h5-16,26-29H,17-19H2,1-4H3,(H,37,40)/t26-,27-,28-,29-,34-,46?/m0/s1. The van der Waals surface area contributed by atoms with Crippen molar-refractivity contribution in [3.8, 4) is 0 Å². The third-order valence-electron chi connectivity index (χ3n) is 8.03. The zero-order valence-electron chi connectivity index (χ0n) is 25.8. The maximum absolute atomic E-state index is 14.4. The number of ether oxygens (including phenoxy) is 3. The molecule has 0 spiro atoms. The average molecular weight is 656 g/mol. The first-order chi connectivity index (χ1) is 21.8. The average Bonchev–Trinajstić information content (AvgIpc) is 3.67. The summed E-state index contributed by atoms with van der Waals surface area (Å²) in [5.41, 5.74) is -1.63. The second kappa shape index (κ2) is 13.3. The molecule has 46 heavy (non-hydrogen) atoms. The molecule has 2 aliphatic carbocycles. The largest absolute Gasteiger partial charge is 0.460 e. The van der Waals surface area contributed by atoms with Gasteiger partial charge in [-0.1, -0.05) is 54.1 Å². The van der Waals surface area contributed by atoms with Crippen LogP contribution in [0.25, 0.3) is 0 Å². The molecule has 3 aromatic carbocycles. The summed E-state index contributed by atoms with van der Waals surface area (Å²) in [6, 6.07) is 18.4. The smallest absolute Gasteiger partial charge is 0.408 e. The molecular weight excluding hydrogens is 620 g/mol. The van der Waals surface area contributed by atoms with Gasteiger partial charge in [-0.2, -0.15) is 0 Å². The van der Waals surface area contributed by atoms with Gasteiger partial charge < -0.3 is 19.5 Å². The van der Waals surface area contributed by atoms with Gasteiger partial charge in [-0.3, -0.25) is 8.98 Å². The Morgan fingerprint density at radius 3 is 2.02 bits per heavy atom. The van der Waals surface area contributed by atoms with Gasteiger partial charge in [-0.15, -0.1) is 0 Å². The number of benzene rings is 3. The summed E-state index contributed by atoms with van der Waals surface area (Å²) in [5, 5.41) is 2.63. The van der Waals surface area contributed by atoms with E-state index in [1.807, 2.05) is 6.92 Å². The zero-order chi connectivity index (χ0) is 33.2. The van der Waals surface area contributed by atoms with Crippen LogP contribution < -0.4 is 5.32 Å². The molecule has 9 nitrogen and oxygen atoms in total. The first-order valence-electron chi connectivity index (χ1n) is 14.8. The summed E-state index contributed by atoms with van der Waals surface area (Å²) in [4.78, 5) is 41.0. The quantitative estimate of drug-likeness (QED) is 0.219. The maximum Gasteiger partial charge on any atom is 0.408 e. The van der Waals surface area contributed by atoms with Gasteiger partial charge in [0.25, 0.3) is 0 Å². The van der Waals surface area contributed by atoms with Crippen molar-refractivity contribution in [1.29, 1.82) is 0 Å². The van der Waals surface area contributed by atoms with Crippen LogP contribution in [-0.2, 0) is 52.3 Å². The third-order valence-corrected chi connectivity index (χ3v) is 9.11. The van der Waals surface area contributed by atoms with E-state index in [9.17, 15) is 27.4 Å². The van der Waals surface area contributed by atoms with Crippen LogP contribution in [0.5, 0.6) is 0 Å². The van der Waals surface area contributed by atoms with Crippen LogP contribution >= 0.6 is 0 Å². The van der Waals surface area contributed by atoms with Gasteiger partial charge in [-0.25, -0.2) is 22.6 Å². The van der Waals surface area contributed by atoms with Gasteiger partial charge in [0.1, 0.15) is 36.0 Å². The highest BCUT2D eigenvalue weighted by atomic mass is 32.2. The van der Waals surface area contributed by atoms with E-state index in [4.69, 9.17) is 18.4 Å². The fourth-order valence-corrected chi connectivity index (χ4v) is 6.77. The molecule has 0 aliphatic heterocycles. The number of amides is 1. The van der Waals surface area contributed by atoms with Crippen molar-refractivity contribution in [2.75, 3.05) is 0 Å². The first-order valence-corrected chi connectivity index (χ1v) is 15.8. The van der Waals surface area contributed by atoms with Crippen LogP contribution in [-0.4, -0.2) is 39.5 Å². The zero-order valence-corrected chi connectivity index (χ0v) is 26.6. The fraction of sp³-hybridized carbons (Fsp3) is 0.382. The lowest BCUT2D eigenvalue weighted by Gasteiger charge is -2.33. The van der Waals surface area contributed by atoms with Crippen molar-refractivity contribution in [2.24, 2.45) is 17.8 Å². The number of aryl methyl sites for hydroxylation is 1. The van der Waals surface area contributed by atoms with Gasteiger partial charge in [0.15, 0.2) is 11.1 Å². The molecule has 2 fully saturated rings. The molecule has 0 bridgehead atoms. The number of fused-ring (bicyclic) bond motifs is 1. The van der Waals surface area contributed by atoms with Crippen molar-refractivity contribution < 1.29 is 45.8 Å². The van der Waals surface area contributed by atoms with Crippen LogP contribution in [0.3, 0.4) is 0 Å². The molecule has 1 amide bonds. The summed E-state index contributed by atoms with van der Waals surface area (Å²) in [6.07, 6.45) is -2.15. The molecule has 2 saturated carbocycles. The monoisotopic (exact) mass is 655 g/mol. The summed E-state index contributed by atoms with van der Waals surface area (Å²) < 4.78 is 64.4. The fourth-order valence-electron chi connectivity index (χ4n) is 5.88. The van der Waals surface area contributed by atoms with Gasteiger partial charge in [0.05, 0.1) is 16.9 Å². The van der Waals surface area contributed by atoms with Crippen LogP contribution in [0, 0.1) is 36.3 Å². The minimum absolute atomic E-state index is 0.0998. The second-order valence-corrected chi connectivity index (χ2v) is 13.6. The number of hydrogen-bond donors (Lipinski definition) is 1. The highest BCUT2D eigenvalue weighted by Crippen LogP contribution is 2.64. The summed E-state index contributed by atoms with van der Waals surface area (Å²) in [6.45, 7) is 5.98. The number of alkyl carbamates (subject to hydrolysis) is 1. The number of hydrogen-bond acceptors (Lipinski definition) is 8. The second-order valence-electron chi connectivity index (χ2n) is 12.5. The lowest BCUT2D eigenvalue weighted by atomic mass is 9.89. The van der Waals surface area contributed by atoms with Gasteiger partial charge in [0, 0.05) is 29.4 Å². The molecule has 5 rings (SSSR count). The Kier molecular flexibility index (Phi) is 9.59.